The first-order valence-corrected chi connectivity index (χ1v) is 11.5. The van der Waals surface area contributed by atoms with Gasteiger partial charge in [0.15, 0.2) is 0 Å². The predicted octanol–water partition coefficient (Wildman–Crippen LogP) is 4.40. The van der Waals surface area contributed by atoms with Crippen molar-refractivity contribution in [3.63, 3.8) is 0 Å². The van der Waals surface area contributed by atoms with Crippen LogP contribution in [0, 0.1) is 0 Å². The Hall–Kier alpha value is -3.42. The van der Waals surface area contributed by atoms with E-state index in [1.54, 1.807) is 42.2 Å². The molecule has 1 fully saturated rings. The Kier molecular flexibility index (Phi) is 5.75. The molecule has 2 heterocycles. The van der Waals surface area contributed by atoms with Crippen LogP contribution in [0.2, 0.25) is 10.0 Å². The lowest BCUT2D eigenvalue weighted by molar-refractivity contribution is 0.0947. The van der Waals surface area contributed by atoms with E-state index in [0.29, 0.717) is 28.0 Å². The summed E-state index contributed by atoms with van der Waals surface area (Å²) in [6.07, 6.45) is 5.12. The third-order valence-corrected chi connectivity index (χ3v) is 6.63. The molecule has 7 nitrogen and oxygen atoms in total. The molecule has 1 amide bonds. The first-order chi connectivity index (χ1) is 16.3. The van der Waals surface area contributed by atoms with Gasteiger partial charge >= 0.3 is 0 Å². The van der Waals surface area contributed by atoms with E-state index >= 15 is 0 Å². The highest BCUT2D eigenvalue weighted by molar-refractivity contribution is 6.30. The van der Waals surface area contributed by atoms with Gasteiger partial charge in [-0.15, -0.1) is 0 Å². The van der Waals surface area contributed by atoms with Crippen molar-refractivity contribution in [3.05, 3.63) is 98.5 Å². The van der Waals surface area contributed by atoms with Crippen molar-refractivity contribution in [3.8, 4) is 16.9 Å². The maximum Gasteiger partial charge on any atom is 0.284 e. The molecule has 0 aliphatic heterocycles. The zero-order valence-corrected chi connectivity index (χ0v) is 19.8. The van der Waals surface area contributed by atoms with Crippen molar-refractivity contribution in [1.82, 2.24) is 24.9 Å². The van der Waals surface area contributed by atoms with E-state index in [4.69, 9.17) is 23.2 Å². The average Bonchev–Trinajstić information content (AvgIpc) is 3.51. The standard InChI is InChI=1S/C25H21Cl2N5O2/c1-31-14-20(13-29-31)32-24(34)21(12-22(30-32)16-2-6-18(26)7-3-16)23(33)28-15-25(10-11-25)17-4-8-19(27)9-5-17/h2-9,12-14H,10-11,15H2,1H3,(H,28,33). The van der Waals surface area contributed by atoms with E-state index in [9.17, 15) is 9.59 Å². The van der Waals surface area contributed by atoms with E-state index < -0.39 is 11.5 Å². The van der Waals surface area contributed by atoms with Gasteiger partial charge in [-0.25, -0.2) is 0 Å². The van der Waals surface area contributed by atoms with Crippen LogP contribution < -0.4 is 10.9 Å². The van der Waals surface area contributed by atoms with E-state index in [1.807, 2.05) is 24.3 Å². The molecular formula is C25H21Cl2N5O2. The maximum absolute atomic E-state index is 13.3. The van der Waals surface area contributed by atoms with Crippen LogP contribution in [0.1, 0.15) is 28.8 Å². The Morgan fingerprint density at radius 3 is 2.29 bits per heavy atom. The van der Waals surface area contributed by atoms with Crippen LogP contribution in [0.25, 0.3) is 16.9 Å². The highest BCUT2D eigenvalue weighted by Gasteiger charge is 2.44. The molecule has 1 aliphatic rings. The monoisotopic (exact) mass is 493 g/mol. The Labute approximate surface area is 205 Å². The lowest BCUT2D eigenvalue weighted by atomic mass is 9.96. The summed E-state index contributed by atoms with van der Waals surface area (Å²) in [4.78, 5) is 26.5. The number of hydrogen-bond donors (Lipinski definition) is 1. The number of benzene rings is 2. The Bertz CT molecular complexity index is 1420. The molecule has 2 aromatic carbocycles. The number of amides is 1. The van der Waals surface area contributed by atoms with Gasteiger partial charge in [0, 0.05) is 34.6 Å². The number of carbonyl (C=O) groups is 1. The van der Waals surface area contributed by atoms with E-state index in [-0.39, 0.29) is 11.0 Å². The van der Waals surface area contributed by atoms with Crippen LogP contribution in [-0.4, -0.2) is 32.0 Å². The van der Waals surface area contributed by atoms with Crippen LogP contribution in [0.4, 0.5) is 0 Å². The molecule has 0 radical (unpaired) electrons. The SMILES string of the molecule is Cn1cc(-n2nc(-c3ccc(Cl)cc3)cc(C(=O)NCC3(c4ccc(Cl)cc4)CC3)c2=O)cn1. The molecule has 0 saturated heterocycles. The van der Waals surface area contributed by atoms with E-state index in [2.05, 4.69) is 15.5 Å². The summed E-state index contributed by atoms with van der Waals surface area (Å²) >= 11 is 12.0. The summed E-state index contributed by atoms with van der Waals surface area (Å²) in [5.74, 6) is -0.444. The van der Waals surface area contributed by atoms with Gasteiger partial charge in [0.1, 0.15) is 11.3 Å². The largest absolute Gasteiger partial charge is 0.351 e. The van der Waals surface area contributed by atoms with Crippen molar-refractivity contribution in [2.75, 3.05) is 6.54 Å². The number of aryl methyl sites for hydroxylation is 1. The van der Waals surface area contributed by atoms with Gasteiger partial charge in [-0.2, -0.15) is 14.9 Å². The summed E-state index contributed by atoms with van der Waals surface area (Å²) in [7, 11) is 1.75. The van der Waals surface area contributed by atoms with Crippen molar-refractivity contribution in [2.45, 2.75) is 18.3 Å². The second-order valence-electron chi connectivity index (χ2n) is 8.51. The van der Waals surface area contributed by atoms with Crippen molar-refractivity contribution < 1.29 is 4.79 Å². The van der Waals surface area contributed by atoms with Crippen molar-refractivity contribution in [2.24, 2.45) is 7.05 Å². The van der Waals surface area contributed by atoms with E-state index in [0.717, 1.165) is 24.0 Å². The van der Waals surface area contributed by atoms with Gasteiger partial charge in [0.05, 0.1) is 18.1 Å². The zero-order valence-electron chi connectivity index (χ0n) is 18.3. The molecule has 9 heteroatoms. The van der Waals surface area contributed by atoms with Crippen LogP contribution in [0.3, 0.4) is 0 Å². The number of aromatic nitrogens is 4. The fourth-order valence-electron chi connectivity index (χ4n) is 3.98. The molecule has 0 unspecified atom stereocenters. The van der Waals surface area contributed by atoms with Gasteiger partial charge in [0.25, 0.3) is 11.5 Å². The molecule has 2 aromatic heterocycles. The van der Waals surface area contributed by atoms with Gasteiger partial charge in [0.2, 0.25) is 0 Å². The van der Waals surface area contributed by atoms with E-state index in [1.165, 1.54) is 16.9 Å². The maximum atomic E-state index is 13.3. The molecule has 5 rings (SSSR count). The minimum atomic E-state index is -0.514. The number of nitrogens with zero attached hydrogens (tertiary/aromatic N) is 4. The fraction of sp³-hybridized carbons (Fsp3) is 0.200. The molecule has 1 saturated carbocycles. The summed E-state index contributed by atoms with van der Waals surface area (Å²) in [5.41, 5.74) is 2.17. The topological polar surface area (TPSA) is 81.8 Å². The van der Waals surface area contributed by atoms with Gasteiger partial charge in [-0.1, -0.05) is 47.5 Å². The molecular weight excluding hydrogens is 473 g/mol. The zero-order chi connectivity index (χ0) is 23.9. The minimum absolute atomic E-state index is 0.00992. The molecule has 0 bridgehead atoms. The summed E-state index contributed by atoms with van der Waals surface area (Å²) < 4.78 is 2.78. The normalized spacial score (nSPS) is 14.1. The van der Waals surface area contributed by atoms with Crippen LogP contribution in [-0.2, 0) is 12.5 Å². The van der Waals surface area contributed by atoms with Gasteiger partial charge in [-0.05, 0) is 48.7 Å². The minimum Gasteiger partial charge on any atom is -0.351 e. The van der Waals surface area contributed by atoms with Crippen LogP contribution in [0.15, 0.2) is 71.8 Å². The molecule has 1 aliphatic carbocycles. The first kappa shape index (κ1) is 22.4. The van der Waals surface area contributed by atoms with Crippen molar-refractivity contribution >= 4 is 29.1 Å². The second-order valence-corrected chi connectivity index (χ2v) is 9.38. The predicted molar refractivity (Wildman–Crippen MR) is 132 cm³/mol. The fourth-order valence-corrected chi connectivity index (χ4v) is 4.23. The number of halogens is 2. The second kappa shape index (κ2) is 8.74. The first-order valence-electron chi connectivity index (χ1n) is 10.8. The number of nitrogens with one attached hydrogen (secondary N) is 1. The number of carbonyl (C=O) groups excluding carboxylic acids is 1. The molecule has 34 heavy (non-hydrogen) atoms. The quantitative estimate of drug-likeness (QED) is 0.431. The highest BCUT2D eigenvalue weighted by atomic mass is 35.5. The molecule has 1 N–H and O–H groups in total. The Morgan fingerprint density at radius 2 is 1.71 bits per heavy atom. The third kappa shape index (κ3) is 4.36. The summed E-state index contributed by atoms with van der Waals surface area (Å²) in [5, 5.41) is 12.8. The average molecular weight is 494 g/mol. The smallest absolute Gasteiger partial charge is 0.284 e. The Balaban J connectivity index is 1.49. The van der Waals surface area contributed by atoms with Gasteiger partial charge in [-0.3, -0.25) is 14.3 Å². The lowest BCUT2D eigenvalue weighted by Gasteiger charge is -2.17. The number of hydrogen-bond acceptors (Lipinski definition) is 4. The van der Waals surface area contributed by atoms with Crippen molar-refractivity contribution in [1.29, 1.82) is 0 Å². The van der Waals surface area contributed by atoms with Crippen LogP contribution in [0.5, 0.6) is 0 Å². The lowest BCUT2D eigenvalue weighted by Crippen LogP contribution is -2.37. The molecule has 4 aromatic rings. The molecule has 0 atom stereocenters. The highest BCUT2D eigenvalue weighted by Crippen LogP contribution is 2.47. The third-order valence-electron chi connectivity index (χ3n) is 6.13. The van der Waals surface area contributed by atoms with Crippen LogP contribution >= 0.6 is 23.2 Å². The Morgan fingerprint density at radius 1 is 1.06 bits per heavy atom. The number of rotatable bonds is 6. The summed E-state index contributed by atoms with van der Waals surface area (Å²) in [6, 6.07) is 16.3. The molecule has 172 valence electrons. The summed E-state index contributed by atoms with van der Waals surface area (Å²) in [6.45, 7) is 0.429. The van der Waals surface area contributed by atoms with Gasteiger partial charge < -0.3 is 5.32 Å². The molecule has 0 spiro atoms.